The number of hydrogen-bond acceptors (Lipinski definition) is 3. The molecule has 2 N–H and O–H groups in total. The molecule has 0 radical (unpaired) electrons. The Morgan fingerprint density at radius 3 is 2.62 bits per heavy atom. The normalized spacial score (nSPS) is 14.4. The lowest BCUT2D eigenvalue weighted by Gasteiger charge is -2.12. The van der Waals surface area contributed by atoms with Crippen molar-refractivity contribution in [3.05, 3.63) is 59.4 Å². The molecule has 1 fully saturated rings. The minimum atomic E-state index is -0.252. The largest absolute Gasteiger partial charge is 0.348 e. The predicted molar refractivity (Wildman–Crippen MR) is 93.1 cm³/mol. The Hall–Kier alpha value is -2.69. The van der Waals surface area contributed by atoms with Crippen molar-refractivity contribution in [1.29, 1.82) is 0 Å². The van der Waals surface area contributed by atoms with Gasteiger partial charge >= 0.3 is 0 Å². The molecule has 0 bridgehead atoms. The van der Waals surface area contributed by atoms with Gasteiger partial charge < -0.3 is 10.6 Å². The second kappa shape index (κ2) is 7.25. The van der Waals surface area contributed by atoms with E-state index in [0.717, 1.165) is 36.9 Å². The zero-order chi connectivity index (χ0) is 16.9. The summed E-state index contributed by atoms with van der Waals surface area (Å²) >= 11 is 0. The molecule has 2 aromatic rings. The first-order chi connectivity index (χ1) is 11.6. The molecule has 1 aliphatic carbocycles. The average Bonchev–Trinajstić information content (AvgIpc) is 3.08. The molecule has 0 saturated heterocycles. The predicted octanol–water partition coefficient (Wildman–Crippen LogP) is 3.31. The molecule has 1 saturated carbocycles. The zero-order valence-corrected chi connectivity index (χ0v) is 13.7. The molecule has 1 heterocycles. The molecule has 0 atom stereocenters. The lowest BCUT2D eigenvalue weighted by Crippen LogP contribution is -2.33. The van der Waals surface area contributed by atoms with Crippen LogP contribution in [-0.4, -0.2) is 22.8 Å². The number of pyridine rings is 1. The molecule has 124 valence electrons. The van der Waals surface area contributed by atoms with Gasteiger partial charge in [0.15, 0.2) is 0 Å². The minimum absolute atomic E-state index is 0.216. The summed E-state index contributed by atoms with van der Waals surface area (Å²) in [5, 5.41) is 5.83. The molecule has 5 nitrogen and oxygen atoms in total. The van der Waals surface area contributed by atoms with E-state index in [1.54, 1.807) is 6.07 Å². The van der Waals surface area contributed by atoms with E-state index in [9.17, 15) is 9.59 Å². The average molecular weight is 323 g/mol. The molecule has 3 rings (SSSR count). The van der Waals surface area contributed by atoms with E-state index in [0.29, 0.717) is 5.56 Å². The van der Waals surface area contributed by atoms with Crippen LogP contribution in [-0.2, 0) is 0 Å². The van der Waals surface area contributed by atoms with Crippen molar-refractivity contribution in [2.24, 2.45) is 0 Å². The van der Waals surface area contributed by atoms with E-state index in [4.69, 9.17) is 0 Å². The van der Waals surface area contributed by atoms with Gasteiger partial charge in [0.2, 0.25) is 0 Å². The van der Waals surface area contributed by atoms with E-state index < -0.39 is 0 Å². The van der Waals surface area contributed by atoms with Crippen molar-refractivity contribution < 1.29 is 9.59 Å². The quantitative estimate of drug-likeness (QED) is 0.907. The Morgan fingerprint density at radius 1 is 1.08 bits per heavy atom. The first-order valence-electron chi connectivity index (χ1n) is 8.27. The number of hydrogen-bond donors (Lipinski definition) is 2. The molecule has 1 aromatic heterocycles. The van der Waals surface area contributed by atoms with E-state index in [-0.39, 0.29) is 23.6 Å². The number of amides is 2. The Bertz CT molecular complexity index is 752. The monoisotopic (exact) mass is 323 g/mol. The molecule has 1 aromatic carbocycles. The highest BCUT2D eigenvalue weighted by atomic mass is 16.2. The fourth-order valence-corrected chi connectivity index (χ4v) is 2.95. The molecule has 1 aliphatic rings. The van der Waals surface area contributed by atoms with Crippen molar-refractivity contribution >= 4 is 17.5 Å². The molecular formula is C19H21N3O2. The fourth-order valence-electron chi connectivity index (χ4n) is 2.95. The Labute approximate surface area is 141 Å². The van der Waals surface area contributed by atoms with Gasteiger partial charge in [0.05, 0.1) is 0 Å². The Kier molecular flexibility index (Phi) is 4.89. The molecule has 0 spiro atoms. The number of nitrogens with zero attached hydrogens (tertiary/aromatic N) is 1. The van der Waals surface area contributed by atoms with Gasteiger partial charge in [-0.15, -0.1) is 0 Å². The first kappa shape index (κ1) is 16.2. The fraction of sp³-hybridized carbons (Fsp3) is 0.316. The number of rotatable bonds is 4. The summed E-state index contributed by atoms with van der Waals surface area (Å²) in [5.41, 5.74) is 2.50. The third-order valence-electron chi connectivity index (χ3n) is 4.22. The van der Waals surface area contributed by atoms with Gasteiger partial charge in [0, 0.05) is 23.5 Å². The summed E-state index contributed by atoms with van der Waals surface area (Å²) < 4.78 is 0. The van der Waals surface area contributed by atoms with Gasteiger partial charge in [-0.3, -0.25) is 14.6 Å². The van der Waals surface area contributed by atoms with Crippen molar-refractivity contribution in [2.45, 2.75) is 38.6 Å². The molecule has 2 amide bonds. The number of aryl methyl sites for hydroxylation is 1. The zero-order valence-electron chi connectivity index (χ0n) is 13.7. The van der Waals surface area contributed by atoms with Crippen LogP contribution < -0.4 is 10.6 Å². The van der Waals surface area contributed by atoms with Crippen molar-refractivity contribution in [3.63, 3.8) is 0 Å². The van der Waals surface area contributed by atoms with Gasteiger partial charge in [-0.25, -0.2) is 0 Å². The summed E-state index contributed by atoms with van der Waals surface area (Å²) in [7, 11) is 0. The SMILES string of the molecule is Cc1cccc(NC(=O)c2ccnc(C(=O)NC3CCCC3)c2)c1. The number of benzene rings is 1. The summed E-state index contributed by atoms with van der Waals surface area (Å²) in [6.07, 6.45) is 5.82. The van der Waals surface area contributed by atoms with Crippen LogP contribution in [0.2, 0.25) is 0 Å². The Morgan fingerprint density at radius 2 is 1.88 bits per heavy atom. The van der Waals surface area contributed by atoms with Crippen molar-refractivity contribution in [1.82, 2.24) is 10.3 Å². The minimum Gasteiger partial charge on any atom is -0.348 e. The van der Waals surface area contributed by atoms with Crippen LogP contribution in [0.15, 0.2) is 42.6 Å². The van der Waals surface area contributed by atoms with Gasteiger partial charge in [-0.2, -0.15) is 0 Å². The van der Waals surface area contributed by atoms with E-state index in [1.165, 1.54) is 12.3 Å². The van der Waals surface area contributed by atoms with E-state index >= 15 is 0 Å². The lowest BCUT2D eigenvalue weighted by atomic mass is 10.1. The summed E-state index contributed by atoms with van der Waals surface area (Å²) in [6, 6.07) is 11.0. The van der Waals surface area contributed by atoms with E-state index in [2.05, 4.69) is 15.6 Å². The highest BCUT2D eigenvalue weighted by molar-refractivity contribution is 6.05. The number of aromatic nitrogens is 1. The number of nitrogens with one attached hydrogen (secondary N) is 2. The van der Waals surface area contributed by atoms with Gasteiger partial charge in [-0.1, -0.05) is 25.0 Å². The Balaban J connectivity index is 1.69. The molecule has 0 aliphatic heterocycles. The third kappa shape index (κ3) is 3.98. The summed E-state index contributed by atoms with van der Waals surface area (Å²) in [4.78, 5) is 28.7. The maximum absolute atomic E-state index is 12.4. The standard InChI is InChI=1S/C19H21N3O2/c1-13-5-4-8-16(11-13)22-18(23)14-9-10-20-17(12-14)19(24)21-15-6-2-3-7-15/h4-5,8-12,15H,2-3,6-7H2,1H3,(H,21,24)(H,22,23). The number of carbonyl (C=O) groups is 2. The van der Waals surface area contributed by atoms with E-state index in [1.807, 2.05) is 31.2 Å². The molecule has 0 unspecified atom stereocenters. The van der Waals surface area contributed by atoms with Crippen LogP contribution in [0, 0.1) is 6.92 Å². The molecule has 5 heteroatoms. The van der Waals surface area contributed by atoms with Crippen LogP contribution in [0.5, 0.6) is 0 Å². The summed E-state index contributed by atoms with van der Waals surface area (Å²) in [6.45, 7) is 1.97. The second-order valence-corrected chi connectivity index (χ2v) is 6.21. The molecule has 24 heavy (non-hydrogen) atoms. The lowest BCUT2D eigenvalue weighted by molar-refractivity contribution is 0.0933. The van der Waals surface area contributed by atoms with Gasteiger partial charge in [0.25, 0.3) is 11.8 Å². The van der Waals surface area contributed by atoms with Crippen LogP contribution in [0.1, 0.15) is 52.1 Å². The number of carbonyl (C=O) groups excluding carboxylic acids is 2. The van der Waals surface area contributed by atoms with Crippen LogP contribution >= 0.6 is 0 Å². The highest BCUT2D eigenvalue weighted by Gasteiger charge is 2.19. The maximum atomic E-state index is 12.4. The van der Waals surface area contributed by atoms with Crippen molar-refractivity contribution in [3.8, 4) is 0 Å². The van der Waals surface area contributed by atoms with Crippen LogP contribution in [0.3, 0.4) is 0 Å². The highest BCUT2D eigenvalue weighted by Crippen LogP contribution is 2.18. The van der Waals surface area contributed by atoms with Gasteiger partial charge in [-0.05, 0) is 49.6 Å². The maximum Gasteiger partial charge on any atom is 0.270 e. The smallest absolute Gasteiger partial charge is 0.270 e. The topological polar surface area (TPSA) is 71.1 Å². The van der Waals surface area contributed by atoms with Crippen molar-refractivity contribution in [2.75, 3.05) is 5.32 Å². The van der Waals surface area contributed by atoms with Crippen LogP contribution in [0.25, 0.3) is 0 Å². The van der Waals surface area contributed by atoms with Crippen LogP contribution in [0.4, 0.5) is 5.69 Å². The first-order valence-corrected chi connectivity index (χ1v) is 8.27. The second-order valence-electron chi connectivity index (χ2n) is 6.21. The third-order valence-corrected chi connectivity index (χ3v) is 4.22. The summed E-state index contributed by atoms with van der Waals surface area (Å²) in [5.74, 6) is -0.468. The number of anilines is 1. The molecular weight excluding hydrogens is 302 g/mol. The van der Waals surface area contributed by atoms with Gasteiger partial charge in [0.1, 0.15) is 5.69 Å².